The molecule has 0 spiro atoms. The Morgan fingerprint density at radius 1 is 0.806 bits per heavy atom. The molecule has 4 atom stereocenters. The zero-order valence-corrected chi connectivity index (χ0v) is 22.9. The molecule has 0 bridgehead atoms. The molecule has 31 heavy (non-hydrogen) atoms. The quantitative estimate of drug-likeness (QED) is 0.128. The SMILES string of the molecule is CC(=NCCN=C(C)C(C(C)O)n1cc[n+](C)c1)C(C(C)O)n1cc[n+](C)c1.[Br-].[Br-].[Cu]. The average Bonchev–Trinajstić information content (AvgIpc) is 3.20. The van der Waals surface area contributed by atoms with Crippen molar-refractivity contribution < 1.29 is 70.4 Å². The predicted molar refractivity (Wildman–Crippen MR) is 109 cm³/mol. The van der Waals surface area contributed by atoms with E-state index in [9.17, 15) is 10.2 Å². The number of nitrogens with zero attached hydrogens (tertiary/aromatic N) is 6. The third kappa shape index (κ3) is 9.27. The number of aliphatic hydroxyl groups excluding tert-OH is 2. The van der Waals surface area contributed by atoms with Crippen LogP contribution in [0.4, 0.5) is 0 Å². The molecule has 0 amide bonds. The van der Waals surface area contributed by atoms with Crippen LogP contribution in [-0.4, -0.2) is 56.1 Å². The van der Waals surface area contributed by atoms with E-state index >= 15 is 0 Å². The smallest absolute Gasteiger partial charge is 0.244 e. The number of hydrogen-bond acceptors (Lipinski definition) is 4. The van der Waals surface area contributed by atoms with Crippen LogP contribution in [0.3, 0.4) is 0 Å². The van der Waals surface area contributed by atoms with Crippen LogP contribution in [0.15, 0.2) is 47.4 Å². The maximum Gasteiger partial charge on any atom is 0.244 e. The summed E-state index contributed by atoms with van der Waals surface area (Å²) in [7, 11) is 3.89. The van der Waals surface area contributed by atoms with Crippen molar-refractivity contribution in [2.45, 2.75) is 52.0 Å². The summed E-state index contributed by atoms with van der Waals surface area (Å²) in [5.74, 6) is 0. The molecule has 0 saturated carbocycles. The largest absolute Gasteiger partial charge is 1.00 e. The Kier molecular flexibility index (Phi) is 15.7. The first-order chi connectivity index (χ1) is 13.2. The fraction of sp³-hybridized carbons (Fsp3) is 0.600. The molecule has 181 valence electrons. The number of aliphatic imine (C=N–C) groups is 2. The zero-order valence-electron chi connectivity index (χ0n) is 18.8. The molecule has 2 aromatic heterocycles. The van der Waals surface area contributed by atoms with Crippen LogP contribution in [0.5, 0.6) is 0 Å². The van der Waals surface area contributed by atoms with Gasteiger partial charge in [-0.05, 0) is 27.7 Å². The molecule has 8 nitrogen and oxygen atoms in total. The summed E-state index contributed by atoms with van der Waals surface area (Å²) in [6.45, 7) is 8.49. The van der Waals surface area contributed by atoms with E-state index in [-0.39, 0.29) is 63.1 Å². The molecule has 0 fully saturated rings. The Morgan fingerprint density at radius 3 is 1.35 bits per heavy atom. The molecule has 1 radical (unpaired) electrons. The van der Waals surface area contributed by atoms with E-state index in [0.29, 0.717) is 13.1 Å². The maximum absolute atomic E-state index is 10.2. The summed E-state index contributed by atoms with van der Waals surface area (Å²) in [4.78, 5) is 9.26. The van der Waals surface area contributed by atoms with Gasteiger partial charge in [-0.3, -0.25) is 9.98 Å². The van der Waals surface area contributed by atoms with Gasteiger partial charge in [0.05, 0.1) is 50.8 Å². The first-order valence-electron chi connectivity index (χ1n) is 9.64. The molecule has 0 aliphatic rings. The Bertz CT molecular complexity index is 767. The van der Waals surface area contributed by atoms with Crippen LogP contribution in [0.2, 0.25) is 0 Å². The molecule has 2 aromatic rings. The van der Waals surface area contributed by atoms with Crippen molar-refractivity contribution in [3.8, 4) is 0 Å². The van der Waals surface area contributed by atoms with Crippen LogP contribution >= 0.6 is 0 Å². The molecule has 2 heterocycles. The number of rotatable bonds is 9. The number of hydrogen-bond donors (Lipinski definition) is 2. The van der Waals surface area contributed by atoms with Gasteiger partial charge in [0.25, 0.3) is 0 Å². The van der Waals surface area contributed by atoms with Gasteiger partial charge in [0.15, 0.2) is 12.1 Å². The molecular weight excluding hydrogens is 580 g/mol. The van der Waals surface area contributed by atoms with E-state index in [4.69, 9.17) is 0 Å². The standard InChI is InChI=1S/C20H34N6O2.2BrH.Cu/c1-15(19(17(3)27)25-11-9-23(5)13-25)21-7-8-22-16(2)20(18(4)28)26-12-10-24(6)14-26;;;/h9-14,17-20,27-28H,7-8H2,1-6H3;2*1H;/q+2;;;/p-2. The van der Waals surface area contributed by atoms with Gasteiger partial charge < -0.3 is 44.2 Å². The fourth-order valence-electron chi connectivity index (χ4n) is 3.54. The zero-order chi connectivity index (χ0) is 20.8. The fourth-order valence-corrected chi connectivity index (χ4v) is 3.54. The van der Waals surface area contributed by atoms with Gasteiger partial charge in [-0.25, -0.2) is 18.3 Å². The molecule has 0 aliphatic heterocycles. The molecule has 0 aromatic carbocycles. The van der Waals surface area contributed by atoms with Crippen molar-refractivity contribution >= 4 is 11.4 Å². The minimum Gasteiger partial charge on any atom is -1.00 e. The Labute approximate surface area is 216 Å². The second-order valence-electron chi connectivity index (χ2n) is 7.47. The van der Waals surface area contributed by atoms with E-state index in [2.05, 4.69) is 9.98 Å². The van der Waals surface area contributed by atoms with Gasteiger partial charge in [0.2, 0.25) is 12.7 Å². The van der Waals surface area contributed by atoms with Crippen LogP contribution in [-0.2, 0) is 31.2 Å². The third-order valence-corrected chi connectivity index (χ3v) is 4.81. The second kappa shape index (κ2) is 15.1. The minimum absolute atomic E-state index is 0. The van der Waals surface area contributed by atoms with Gasteiger partial charge >= 0.3 is 0 Å². The summed E-state index contributed by atoms with van der Waals surface area (Å²) in [5.41, 5.74) is 1.73. The Hall–Kier alpha value is -0.841. The molecule has 4 unspecified atom stereocenters. The van der Waals surface area contributed by atoms with Crippen LogP contribution in [0.1, 0.15) is 39.8 Å². The number of aromatic nitrogens is 4. The Balaban J connectivity index is 0. The Morgan fingerprint density at radius 2 is 1.13 bits per heavy atom. The summed E-state index contributed by atoms with van der Waals surface area (Å²) in [6, 6.07) is -0.396. The van der Waals surface area contributed by atoms with Crippen molar-refractivity contribution in [3.63, 3.8) is 0 Å². The third-order valence-electron chi connectivity index (χ3n) is 4.81. The molecule has 2 rings (SSSR count). The van der Waals surface area contributed by atoms with E-state index in [1.807, 2.05) is 83.7 Å². The number of halogens is 2. The van der Waals surface area contributed by atoms with Gasteiger partial charge in [-0.1, -0.05) is 0 Å². The average molecular weight is 614 g/mol. The number of aryl methyl sites for hydroxylation is 2. The molecule has 2 N–H and O–H groups in total. The first-order valence-corrected chi connectivity index (χ1v) is 9.64. The van der Waals surface area contributed by atoms with Crippen LogP contribution < -0.4 is 43.1 Å². The number of aliphatic hydroxyl groups is 2. The van der Waals surface area contributed by atoms with Gasteiger partial charge in [-0.15, -0.1) is 0 Å². The summed E-state index contributed by atoms with van der Waals surface area (Å²) in [5, 5.41) is 20.4. The van der Waals surface area contributed by atoms with Crippen molar-refractivity contribution in [1.29, 1.82) is 0 Å². The molecular formula is C20H34Br2CuN6O2. The molecule has 11 heteroatoms. The topological polar surface area (TPSA) is 82.8 Å². The van der Waals surface area contributed by atoms with Crippen molar-refractivity contribution in [2.24, 2.45) is 24.1 Å². The number of imidazole rings is 2. The van der Waals surface area contributed by atoms with Gasteiger partial charge in [0.1, 0.15) is 24.8 Å². The van der Waals surface area contributed by atoms with Crippen LogP contribution in [0.25, 0.3) is 0 Å². The molecule has 0 aliphatic carbocycles. The molecule has 0 saturated heterocycles. The minimum atomic E-state index is -0.546. The van der Waals surface area contributed by atoms with E-state index < -0.39 is 12.2 Å². The summed E-state index contributed by atoms with van der Waals surface area (Å²) < 4.78 is 7.81. The van der Waals surface area contributed by atoms with Crippen molar-refractivity contribution in [1.82, 2.24) is 9.13 Å². The summed E-state index contributed by atoms with van der Waals surface area (Å²) >= 11 is 0. The van der Waals surface area contributed by atoms with Crippen molar-refractivity contribution in [3.05, 3.63) is 37.4 Å². The predicted octanol–water partition coefficient (Wildman–Crippen LogP) is -5.59. The maximum atomic E-state index is 10.2. The van der Waals surface area contributed by atoms with E-state index in [0.717, 1.165) is 11.4 Å². The first kappa shape index (κ1) is 32.3. The van der Waals surface area contributed by atoms with Gasteiger partial charge in [-0.2, -0.15) is 0 Å². The normalized spacial score (nSPS) is 15.7. The van der Waals surface area contributed by atoms with E-state index in [1.165, 1.54) is 0 Å². The van der Waals surface area contributed by atoms with Gasteiger partial charge in [0, 0.05) is 17.1 Å². The summed E-state index contributed by atoms with van der Waals surface area (Å²) in [6.07, 6.45) is 10.5. The van der Waals surface area contributed by atoms with Crippen LogP contribution in [0, 0.1) is 0 Å². The van der Waals surface area contributed by atoms with Crippen molar-refractivity contribution in [2.75, 3.05) is 13.1 Å². The second-order valence-corrected chi connectivity index (χ2v) is 7.47. The monoisotopic (exact) mass is 611 g/mol. The van der Waals surface area contributed by atoms with E-state index in [1.54, 1.807) is 13.8 Å².